The van der Waals surface area contributed by atoms with Crippen LogP contribution in [0.1, 0.15) is 35.3 Å². The first-order valence-electron chi connectivity index (χ1n) is 13.9. The molecule has 0 spiro atoms. The minimum Gasteiger partial charge on any atom is -0.482 e. The van der Waals surface area contributed by atoms with Crippen molar-refractivity contribution in [1.82, 2.24) is 4.98 Å². The Balaban J connectivity index is 1.27. The molecule has 1 saturated heterocycles. The summed E-state index contributed by atoms with van der Waals surface area (Å²) in [5.74, 6) is -3.30. The number of fused-ring (bicyclic) bond motifs is 9. The Labute approximate surface area is 251 Å². The number of halogens is 3. The van der Waals surface area contributed by atoms with E-state index in [1.54, 1.807) is 19.1 Å². The zero-order valence-electron chi connectivity index (χ0n) is 22.6. The molecule has 13 heteroatoms. The molecule has 1 N–H and O–H groups in total. The highest BCUT2D eigenvalue weighted by molar-refractivity contribution is 8.00. The van der Waals surface area contributed by atoms with E-state index >= 15 is 0 Å². The van der Waals surface area contributed by atoms with Crippen LogP contribution in [0.4, 0.5) is 18.9 Å². The van der Waals surface area contributed by atoms with Crippen molar-refractivity contribution in [3.05, 3.63) is 74.2 Å². The van der Waals surface area contributed by atoms with Gasteiger partial charge in [-0.2, -0.15) is 13.2 Å². The first-order chi connectivity index (χ1) is 20.6. The van der Waals surface area contributed by atoms with Crippen molar-refractivity contribution in [2.75, 3.05) is 18.1 Å². The molecule has 3 fully saturated rings. The first kappa shape index (κ1) is 28.2. The molecule has 1 aromatic heterocycles. The van der Waals surface area contributed by atoms with Crippen molar-refractivity contribution in [2.45, 2.75) is 35.7 Å². The van der Waals surface area contributed by atoms with Gasteiger partial charge in [-0.1, -0.05) is 35.6 Å². The predicted molar refractivity (Wildman–Crippen MR) is 151 cm³/mol. The van der Waals surface area contributed by atoms with E-state index in [1.807, 2.05) is 12.1 Å². The first-order valence-corrected chi connectivity index (χ1v) is 15.6. The minimum absolute atomic E-state index is 0.0769. The lowest BCUT2D eigenvalue weighted by atomic mass is 9.68. The molecule has 2 amide bonds. The number of anilines is 1. The fraction of sp³-hybridized carbons (Fsp3) is 0.400. The molecule has 7 rings (SSSR count). The number of thiazole rings is 1. The van der Waals surface area contributed by atoms with Crippen molar-refractivity contribution < 1.29 is 37.0 Å². The van der Waals surface area contributed by atoms with E-state index in [2.05, 4.69) is 4.98 Å². The molecule has 3 heterocycles. The highest BCUT2D eigenvalue weighted by Crippen LogP contribution is 2.69. The SMILES string of the molecule is CCOC(=O)COc1ccccc1[C@H]1c2sc(=O)[nH]c2SC2C3CC(C4C(=O)N(c5cccc(C(F)(F)F)c5)C(=O)C34)C21. The number of alkyl halides is 3. The summed E-state index contributed by atoms with van der Waals surface area (Å²) in [7, 11) is 0. The van der Waals surface area contributed by atoms with E-state index in [-0.39, 0.29) is 52.7 Å². The molecular weight excluding hydrogens is 605 g/mol. The van der Waals surface area contributed by atoms with E-state index in [9.17, 15) is 32.3 Å². The van der Waals surface area contributed by atoms with Gasteiger partial charge < -0.3 is 14.5 Å². The maximum atomic E-state index is 13.9. The predicted octanol–water partition coefficient (Wildman–Crippen LogP) is 5.08. The lowest BCUT2D eigenvalue weighted by Crippen LogP contribution is -2.42. The number of benzene rings is 2. The van der Waals surface area contributed by atoms with E-state index in [4.69, 9.17) is 9.47 Å². The van der Waals surface area contributed by atoms with Crippen LogP contribution in [0.25, 0.3) is 0 Å². The molecule has 7 atom stereocenters. The molecule has 2 aliphatic carbocycles. The lowest BCUT2D eigenvalue weighted by molar-refractivity contribution is -0.145. The second-order valence-corrected chi connectivity index (χ2v) is 13.4. The monoisotopic (exact) mass is 630 g/mol. The number of carbonyl (C=O) groups excluding carboxylic acids is 3. The number of rotatable bonds is 6. The molecule has 0 radical (unpaired) electrons. The minimum atomic E-state index is -4.62. The van der Waals surface area contributed by atoms with Gasteiger partial charge in [-0.05, 0) is 55.4 Å². The normalized spacial score (nSPS) is 28.9. The van der Waals surface area contributed by atoms with Gasteiger partial charge in [0.15, 0.2) is 6.61 Å². The summed E-state index contributed by atoms with van der Waals surface area (Å²) in [6, 6.07) is 11.6. The number of aromatic amines is 1. The zero-order chi connectivity index (χ0) is 30.2. The number of hydrogen-bond acceptors (Lipinski definition) is 8. The molecule has 8 nitrogen and oxygen atoms in total. The number of hydrogen-bond donors (Lipinski definition) is 1. The highest BCUT2D eigenvalue weighted by atomic mass is 32.2. The average molecular weight is 631 g/mol. The Bertz CT molecular complexity index is 1700. The van der Waals surface area contributed by atoms with Crippen LogP contribution in [0.15, 0.2) is 58.4 Å². The van der Waals surface area contributed by atoms with E-state index < -0.39 is 41.4 Å². The second kappa shape index (κ2) is 10.3. The highest BCUT2D eigenvalue weighted by Gasteiger charge is 2.70. The Morgan fingerprint density at radius 1 is 1.05 bits per heavy atom. The Kier molecular flexibility index (Phi) is 6.73. The Morgan fingerprint density at radius 3 is 2.53 bits per heavy atom. The smallest absolute Gasteiger partial charge is 0.416 e. The van der Waals surface area contributed by atoms with Gasteiger partial charge >= 0.3 is 17.0 Å². The summed E-state index contributed by atoms with van der Waals surface area (Å²) < 4.78 is 51.3. The summed E-state index contributed by atoms with van der Waals surface area (Å²) in [6.45, 7) is 1.61. The van der Waals surface area contributed by atoms with Crippen LogP contribution in [-0.4, -0.2) is 41.2 Å². The topological polar surface area (TPSA) is 106 Å². The number of imide groups is 1. The number of aromatic nitrogens is 1. The van der Waals surface area contributed by atoms with Gasteiger partial charge in [0.05, 0.1) is 34.7 Å². The summed E-state index contributed by atoms with van der Waals surface area (Å²) in [5, 5.41) is 0.586. The number of esters is 1. The van der Waals surface area contributed by atoms with Crippen LogP contribution in [0.2, 0.25) is 0 Å². The van der Waals surface area contributed by atoms with E-state index in [1.165, 1.54) is 23.9 Å². The number of amides is 2. The maximum Gasteiger partial charge on any atom is 0.416 e. The lowest BCUT2D eigenvalue weighted by Gasteiger charge is -2.43. The van der Waals surface area contributed by atoms with Crippen LogP contribution in [0.5, 0.6) is 5.75 Å². The summed E-state index contributed by atoms with van der Waals surface area (Å²) in [6.07, 6.45) is -4.00. The fourth-order valence-corrected chi connectivity index (χ4v) is 10.5. The standard InChI is InChI=1S/C30H25F3N2O6S2/c1-2-40-19(36)12-41-18-9-4-3-8-15(18)20-21-16-11-17(24(21)42-26-25(20)43-29(39)34-26)23-22(16)27(37)35(28(23)38)14-7-5-6-13(10-14)30(31,32)33/h3-10,16-17,20-24H,2,11-12H2,1H3,(H,34,39)/t16?,17?,20-,21?,22?,23?,24?/m1/s1. The molecular formula is C30H25F3N2O6S2. The third kappa shape index (κ3) is 4.42. The van der Waals surface area contributed by atoms with Crippen molar-refractivity contribution >= 4 is 46.6 Å². The number of nitrogens with zero attached hydrogens (tertiary/aromatic N) is 1. The summed E-state index contributed by atoms with van der Waals surface area (Å²) >= 11 is 2.60. The summed E-state index contributed by atoms with van der Waals surface area (Å²) in [4.78, 5) is 56.8. The third-order valence-corrected chi connectivity index (χ3v) is 11.6. The number of H-pyrrole nitrogens is 1. The van der Waals surface area contributed by atoms with Crippen LogP contribution in [0, 0.1) is 29.6 Å². The van der Waals surface area contributed by atoms with Crippen molar-refractivity contribution in [3.8, 4) is 5.75 Å². The molecule has 2 bridgehead atoms. The van der Waals surface area contributed by atoms with Crippen molar-refractivity contribution in [1.29, 1.82) is 0 Å². The van der Waals surface area contributed by atoms with Gasteiger partial charge in [0, 0.05) is 21.6 Å². The summed E-state index contributed by atoms with van der Waals surface area (Å²) in [5.41, 5.74) is -0.246. The fourth-order valence-electron chi connectivity index (χ4n) is 7.65. The number of ether oxygens (including phenoxy) is 2. The van der Waals surface area contributed by atoms with Gasteiger partial charge in [-0.15, -0.1) is 11.8 Å². The van der Waals surface area contributed by atoms with Crippen molar-refractivity contribution in [2.24, 2.45) is 29.6 Å². The average Bonchev–Trinajstić information content (AvgIpc) is 3.70. The quantitative estimate of drug-likeness (QED) is 0.299. The molecule has 224 valence electrons. The zero-order valence-corrected chi connectivity index (χ0v) is 24.3. The number of nitrogens with one attached hydrogen (secondary N) is 1. The Hall–Kier alpha value is -3.58. The molecule has 4 aliphatic rings. The van der Waals surface area contributed by atoms with Gasteiger partial charge in [-0.3, -0.25) is 19.3 Å². The number of carbonyl (C=O) groups is 3. The molecule has 2 aromatic carbocycles. The van der Waals surface area contributed by atoms with Crippen LogP contribution < -0.4 is 14.5 Å². The molecule has 2 saturated carbocycles. The number of para-hydroxylation sites is 1. The molecule has 3 aromatic rings. The van der Waals surface area contributed by atoms with Crippen LogP contribution >= 0.6 is 23.1 Å². The van der Waals surface area contributed by atoms with E-state index in [0.29, 0.717) is 17.2 Å². The molecule has 2 aliphatic heterocycles. The maximum absolute atomic E-state index is 13.9. The second-order valence-electron chi connectivity index (χ2n) is 11.2. The third-order valence-electron chi connectivity index (χ3n) is 9.06. The van der Waals surface area contributed by atoms with Gasteiger partial charge in [0.25, 0.3) is 0 Å². The number of thioether (sulfide) groups is 1. The largest absolute Gasteiger partial charge is 0.482 e. The van der Waals surface area contributed by atoms with Crippen molar-refractivity contribution in [3.63, 3.8) is 0 Å². The van der Waals surface area contributed by atoms with Gasteiger partial charge in [0.1, 0.15) is 5.75 Å². The Morgan fingerprint density at radius 2 is 1.79 bits per heavy atom. The van der Waals surface area contributed by atoms with Crippen LogP contribution in [-0.2, 0) is 25.3 Å². The van der Waals surface area contributed by atoms with Gasteiger partial charge in [0.2, 0.25) is 11.8 Å². The van der Waals surface area contributed by atoms with Crippen LogP contribution in [0.3, 0.4) is 0 Å². The molecule has 6 unspecified atom stereocenters. The van der Waals surface area contributed by atoms with Gasteiger partial charge in [-0.25, -0.2) is 4.79 Å². The molecule has 43 heavy (non-hydrogen) atoms. The van der Waals surface area contributed by atoms with E-state index in [0.717, 1.165) is 38.8 Å².